The van der Waals surface area contributed by atoms with Crippen LogP contribution in [0.1, 0.15) is 33.4 Å². The van der Waals surface area contributed by atoms with Crippen molar-refractivity contribution in [1.82, 2.24) is 0 Å². The normalized spacial score (nSPS) is 40.7. The van der Waals surface area contributed by atoms with Crippen LogP contribution in [-0.2, 0) is 77.1 Å². The molecule has 6 aromatic carbocycles. The van der Waals surface area contributed by atoms with Gasteiger partial charge in [-0.2, -0.15) is 0 Å². The van der Waals surface area contributed by atoms with Crippen LogP contribution in [0.2, 0.25) is 0 Å². The van der Waals surface area contributed by atoms with Crippen molar-refractivity contribution in [3.63, 3.8) is 0 Å². The van der Waals surface area contributed by atoms with E-state index in [2.05, 4.69) is 6.21 Å². The van der Waals surface area contributed by atoms with Crippen LogP contribution in [0.4, 0.5) is 0 Å². The molecule has 35 heteroatoms. The number of rotatable bonds is 18. The van der Waals surface area contributed by atoms with E-state index in [9.17, 15) is 97.0 Å². The number of aliphatic hydroxyl groups is 19. The minimum absolute atomic E-state index is 0.0693. The molecule has 6 aromatic rings. The Balaban J connectivity index is 0.795. The topological polar surface area (TPSA) is 540 Å². The SMILES string of the molecule is OCC1OC2OC3C(CO)OC(OC4C(C[N-]CC(c5ccccc5)(c5ccccc5)c5ccccc5)OC(OC5C(CO)OC(OC6C(CO)OC(OC7C(CN=[C-]C(c8ccccc8)(c8ccccc8)c8ccccc8)OC(OC8C(CO)OC(OC1C(O)C2O)C(O)C8O)C(O)C7O)C(O)C6O)C(O)C5O)C(O)C4O)C(O)C3O. The minimum Gasteiger partial charge on any atom is -0.659 e. The summed E-state index contributed by atoms with van der Waals surface area (Å²) >= 11 is 0. The van der Waals surface area contributed by atoms with Gasteiger partial charge in [0.1, 0.15) is 165 Å². The van der Waals surface area contributed by atoms with Gasteiger partial charge in [-0.05, 0) is 16.7 Å². The number of ether oxygens (including phenoxy) is 14. The molecule has 0 radical (unpaired) electrons. The molecule has 0 spiro atoms. The Morgan fingerprint density at radius 3 is 0.675 bits per heavy atom. The highest BCUT2D eigenvalue weighted by Gasteiger charge is 2.60. The summed E-state index contributed by atoms with van der Waals surface area (Å²) in [6, 6.07) is 55.7. The molecule has 35 nitrogen and oxygen atoms in total. The molecular weight excluding hydrogens is 1540 g/mol. The van der Waals surface area contributed by atoms with Gasteiger partial charge in [-0.25, -0.2) is 0 Å². The van der Waals surface area contributed by atoms with Gasteiger partial charge in [0.15, 0.2) is 44.0 Å². The minimum atomic E-state index is -2.26. The smallest absolute Gasteiger partial charge is 0.187 e. The van der Waals surface area contributed by atoms with E-state index in [0.717, 1.165) is 16.7 Å². The van der Waals surface area contributed by atoms with Crippen LogP contribution >= 0.6 is 0 Å². The Hall–Kier alpha value is -6.37. The maximum atomic E-state index is 12.4. The van der Waals surface area contributed by atoms with E-state index in [1.165, 1.54) is 0 Å². The number of benzene rings is 6. The zero-order valence-corrected chi connectivity index (χ0v) is 62.8. The number of nitrogens with zero attached hydrogens (tertiary/aromatic N) is 2. The first-order valence-electron chi connectivity index (χ1n) is 38.7. The summed E-state index contributed by atoms with van der Waals surface area (Å²) in [5.74, 6) is 0. The van der Waals surface area contributed by atoms with Gasteiger partial charge in [-0.1, -0.05) is 204 Å². The van der Waals surface area contributed by atoms with E-state index >= 15 is 0 Å². The molecule has 21 heterocycles. The molecule has 21 saturated heterocycles. The lowest BCUT2D eigenvalue weighted by atomic mass is 9.69. The molecule has 0 saturated carbocycles. The van der Waals surface area contributed by atoms with Crippen LogP contribution in [0.3, 0.4) is 0 Å². The first kappa shape index (κ1) is 87.0. The first-order valence-corrected chi connectivity index (χ1v) is 38.7. The second kappa shape index (κ2) is 38.4. The van der Waals surface area contributed by atoms with E-state index in [4.69, 9.17) is 76.6 Å². The Bertz CT molecular complexity index is 3860. The van der Waals surface area contributed by atoms with Crippen LogP contribution in [0.5, 0.6) is 0 Å². The quantitative estimate of drug-likeness (QED) is 0.0218. The lowest BCUT2D eigenvalue weighted by Gasteiger charge is -2.51. The second-order valence-corrected chi connectivity index (χ2v) is 30.2. The summed E-state index contributed by atoms with van der Waals surface area (Å²) < 4.78 is 86.0. The van der Waals surface area contributed by atoms with Crippen molar-refractivity contribution in [3.05, 3.63) is 221 Å². The fraction of sp³-hybridized carbons (Fsp3) is 0.549. The standard InChI is InChI=1S/C82H100N2O33/c85-33-48-69-57(94)64(101)78(108-48)115-71-50(35-87)106-76(62(99)55(71)92)111-67-46(31-83-38-81(40-19-7-1-8-20-40,41-21-9-2-10-22-41)42-23-11-3-12-24-42)105-75(61(98)54(67)91)114-70-49(34-86)109-79(65(102)58(70)95)117-73-52(37-89)110-80(66(103)59(73)96)116-72-51(36-88)107-77(63(100)56(72)93)112-68-47(104-74(113-69)60(97)53(68)90)32-84-39-82(43-25-13-4-14-26-43,44-27-15-5-16-28-44)45-29-17-6-18-30-45/h1-30,46-80,85-103H,31-37,39H2/q-2. The molecular formula is C82H100N2O33-2. The molecule has 27 rings (SSSR count). The van der Waals surface area contributed by atoms with Gasteiger partial charge in [0, 0.05) is 12.0 Å². The maximum absolute atomic E-state index is 12.4. The van der Waals surface area contributed by atoms with Crippen LogP contribution in [0.25, 0.3) is 5.32 Å². The fourth-order valence-electron chi connectivity index (χ4n) is 16.7. The lowest BCUT2D eigenvalue weighted by Crippen LogP contribution is -2.68. The van der Waals surface area contributed by atoms with Crippen molar-refractivity contribution in [2.24, 2.45) is 4.99 Å². The molecule has 117 heavy (non-hydrogen) atoms. The molecule has 21 fully saturated rings. The summed E-state index contributed by atoms with van der Waals surface area (Å²) in [5, 5.41) is 229. The van der Waals surface area contributed by atoms with Crippen molar-refractivity contribution < 1.29 is 163 Å². The van der Waals surface area contributed by atoms with Crippen molar-refractivity contribution in [1.29, 1.82) is 0 Å². The highest BCUT2D eigenvalue weighted by molar-refractivity contribution is 5.85. The monoisotopic (exact) mass is 1640 g/mol. The van der Waals surface area contributed by atoms with Gasteiger partial charge >= 0.3 is 0 Å². The predicted octanol–water partition coefficient (Wildman–Crippen LogP) is -4.82. The summed E-state index contributed by atoms with van der Waals surface area (Å²) in [6.45, 7) is -6.45. The summed E-state index contributed by atoms with van der Waals surface area (Å²) in [7, 11) is 0. The van der Waals surface area contributed by atoms with Crippen molar-refractivity contribution >= 4 is 6.21 Å². The Kier molecular flexibility index (Phi) is 28.5. The summed E-state index contributed by atoms with van der Waals surface area (Å²) in [5.41, 5.74) is 2.08. The molecule has 14 bridgehead atoms. The zero-order chi connectivity index (χ0) is 82.6. The molecule has 638 valence electrons. The van der Waals surface area contributed by atoms with Gasteiger partial charge < -0.3 is 180 Å². The predicted molar refractivity (Wildman–Crippen MR) is 398 cm³/mol. The largest absolute Gasteiger partial charge is 0.659 e. The molecule has 0 aromatic heterocycles. The third-order valence-electron chi connectivity index (χ3n) is 23.0. The van der Waals surface area contributed by atoms with Gasteiger partial charge in [0.05, 0.1) is 39.1 Å². The van der Waals surface area contributed by atoms with Crippen LogP contribution < -0.4 is 0 Å². The van der Waals surface area contributed by atoms with Gasteiger partial charge in [-0.3, -0.25) is 0 Å². The highest BCUT2D eigenvalue weighted by atomic mass is 16.8. The number of aliphatic hydroxyl groups excluding tert-OH is 19. The zero-order valence-electron chi connectivity index (χ0n) is 62.8. The number of hydrogen-bond donors (Lipinski definition) is 19. The van der Waals surface area contributed by atoms with Gasteiger partial charge in [0.25, 0.3) is 0 Å². The Morgan fingerprint density at radius 2 is 0.444 bits per heavy atom. The summed E-state index contributed by atoms with van der Waals surface area (Å²) in [4.78, 5) is 4.82. The number of hydrogen-bond acceptors (Lipinski definition) is 34. The first-order chi connectivity index (χ1) is 56.6. The molecule has 19 N–H and O–H groups in total. The third kappa shape index (κ3) is 17.5. The van der Waals surface area contributed by atoms with Gasteiger partial charge in [0.2, 0.25) is 0 Å². The van der Waals surface area contributed by atoms with E-state index < -0.39 is 272 Å². The fourth-order valence-corrected chi connectivity index (χ4v) is 16.7. The molecule has 0 aliphatic carbocycles. The maximum Gasteiger partial charge on any atom is 0.187 e. The highest BCUT2D eigenvalue weighted by Crippen LogP contribution is 2.45. The third-order valence-corrected chi connectivity index (χ3v) is 23.0. The van der Waals surface area contributed by atoms with Crippen LogP contribution in [0, 0.1) is 0 Å². The average molecular weight is 1640 g/mol. The average Bonchev–Trinajstić information content (AvgIpc) is 0.796. The molecule has 0 amide bonds. The van der Waals surface area contributed by atoms with Crippen molar-refractivity contribution in [2.45, 2.75) is 226 Å². The van der Waals surface area contributed by atoms with E-state index in [1.807, 2.05) is 182 Å². The molecule has 35 atom stereocenters. The summed E-state index contributed by atoms with van der Waals surface area (Å²) in [6.07, 6.45) is -68.1. The van der Waals surface area contributed by atoms with Crippen LogP contribution in [-0.4, -0.2) is 371 Å². The lowest BCUT2D eigenvalue weighted by molar-refractivity contribution is -0.395. The number of aliphatic imine (C=N–C) groups is 1. The molecule has 21 aliphatic rings. The van der Waals surface area contributed by atoms with E-state index in [1.54, 1.807) is 0 Å². The van der Waals surface area contributed by atoms with Crippen LogP contribution in [0.15, 0.2) is 187 Å². The Morgan fingerprint density at radius 1 is 0.248 bits per heavy atom. The molecule has 21 aliphatic heterocycles. The second-order valence-electron chi connectivity index (χ2n) is 30.2. The van der Waals surface area contributed by atoms with Crippen molar-refractivity contribution in [2.75, 3.05) is 52.7 Å². The Labute approximate surface area is 671 Å². The van der Waals surface area contributed by atoms with Gasteiger partial charge in [-0.15, -0.1) is 13.1 Å². The molecule has 35 unspecified atom stereocenters. The van der Waals surface area contributed by atoms with E-state index in [-0.39, 0.29) is 6.54 Å². The van der Waals surface area contributed by atoms with E-state index in [0.29, 0.717) is 16.7 Å². The van der Waals surface area contributed by atoms with Crippen molar-refractivity contribution in [3.8, 4) is 0 Å².